The molecule has 1 aliphatic rings. The highest BCUT2D eigenvalue weighted by Gasteiger charge is 2.18. The molecule has 2 aromatic rings. The maximum absolute atomic E-state index is 12.2. The Bertz CT molecular complexity index is 713. The van der Waals surface area contributed by atoms with Crippen LogP contribution < -0.4 is 14.2 Å². The van der Waals surface area contributed by atoms with Crippen LogP contribution in [-0.2, 0) is 16.6 Å². The van der Waals surface area contributed by atoms with E-state index in [-0.39, 0.29) is 11.4 Å². The normalized spacial score (nSPS) is 14.1. The fourth-order valence-electron chi connectivity index (χ4n) is 2.00. The number of rotatable bonds is 5. The SMILES string of the molecule is O=S(=O)(NCCn1cccn1)c1ccc2c(c1)OCCO2. The monoisotopic (exact) mass is 309 g/mol. The Labute approximate surface area is 122 Å². The minimum Gasteiger partial charge on any atom is -0.486 e. The fourth-order valence-corrected chi connectivity index (χ4v) is 3.04. The summed E-state index contributed by atoms with van der Waals surface area (Å²) in [5.74, 6) is 1.02. The van der Waals surface area contributed by atoms with E-state index in [4.69, 9.17) is 9.47 Å². The zero-order valence-corrected chi connectivity index (χ0v) is 12.0. The van der Waals surface area contributed by atoms with E-state index in [1.54, 1.807) is 29.2 Å². The van der Waals surface area contributed by atoms with Gasteiger partial charge in [-0.2, -0.15) is 5.10 Å². The third-order valence-corrected chi connectivity index (χ3v) is 4.47. The molecule has 0 saturated carbocycles. The number of hydrogen-bond donors (Lipinski definition) is 1. The van der Waals surface area contributed by atoms with Crippen molar-refractivity contribution >= 4 is 10.0 Å². The van der Waals surface area contributed by atoms with Gasteiger partial charge in [-0.15, -0.1) is 0 Å². The Kier molecular flexibility index (Phi) is 3.80. The van der Waals surface area contributed by atoms with Crippen molar-refractivity contribution in [1.29, 1.82) is 0 Å². The first-order valence-corrected chi connectivity index (χ1v) is 8.00. The largest absolute Gasteiger partial charge is 0.486 e. The molecule has 0 radical (unpaired) electrons. The molecule has 3 rings (SSSR count). The average molecular weight is 309 g/mol. The zero-order valence-electron chi connectivity index (χ0n) is 11.2. The van der Waals surface area contributed by atoms with Crippen molar-refractivity contribution in [2.45, 2.75) is 11.4 Å². The first-order chi connectivity index (χ1) is 10.1. The Morgan fingerprint density at radius 2 is 2.05 bits per heavy atom. The van der Waals surface area contributed by atoms with E-state index in [1.807, 2.05) is 0 Å². The van der Waals surface area contributed by atoms with Crippen molar-refractivity contribution in [1.82, 2.24) is 14.5 Å². The second-order valence-electron chi connectivity index (χ2n) is 4.47. The number of aromatic nitrogens is 2. The first-order valence-electron chi connectivity index (χ1n) is 6.52. The second-order valence-corrected chi connectivity index (χ2v) is 6.24. The van der Waals surface area contributed by atoms with Gasteiger partial charge in [-0.1, -0.05) is 0 Å². The molecule has 0 aliphatic carbocycles. The lowest BCUT2D eigenvalue weighted by Gasteiger charge is -2.18. The molecule has 0 atom stereocenters. The minimum atomic E-state index is -3.57. The van der Waals surface area contributed by atoms with E-state index in [0.717, 1.165) is 0 Å². The molecular weight excluding hydrogens is 294 g/mol. The van der Waals surface area contributed by atoms with Gasteiger partial charge in [0.1, 0.15) is 13.2 Å². The van der Waals surface area contributed by atoms with Crippen LogP contribution in [0.2, 0.25) is 0 Å². The van der Waals surface area contributed by atoms with Crippen molar-refractivity contribution in [3.8, 4) is 11.5 Å². The molecule has 0 unspecified atom stereocenters. The van der Waals surface area contributed by atoms with E-state index in [1.165, 1.54) is 12.1 Å². The van der Waals surface area contributed by atoms with E-state index in [2.05, 4.69) is 9.82 Å². The molecule has 0 spiro atoms. The van der Waals surface area contributed by atoms with Crippen LogP contribution in [-0.4, -0.2) is 38.0 Å². The van der Waals surface area contributed by atoms with Gasteiger partial charge in [-0.25, -0.2) is 13.1 Å². The summed E-state index contributed by atoms with van der Waals surface area (Å²) in [7, 11) is -3.57. The molecule has 2 heterocycles. The molecule has 1 aromatic heterocycles. The summed E-state index contributed by atoms with van der Waals surface area (Å²) in [4.78, 5) is 0.159. The number of benzene rings is 1. The summed E-state index contributed by atoms with van der Waals surface area (Å²) in [6.45, 7) is 1.62. The summed E-state index contributed by atoms with van der Waals surface area (Å²) in [6.07, 6.45) is 3.42. The van der Waals surface area contributed by atoms with Crippen LogP contribution in [0.15, 0.2) is 41.6 Å². The summed E-state index contributed by atoms with van der Waals surface area (Å²) in [5, 5.41) is 4.01. The maximum atomic E-state index is 12.2. The van der Waals surface area contributed by atoms with E-state index >= 15 is 0 Å². The topological polar surface area (TPSA) is 82.5 Å². The lowest BCUT2D eigenvalue weighted by molar-refractivity contribution is 0.171. The van der Waals surface area contributed by atoms with Gasteiger partial charge in [-0.3, -0.25) is 4.68 Å². The van der Waals surface area contributed by atoms with Crippen LogP contribution in [0.4, 0.5) is 0 Å². The Morgan fingerprint density at radius 3 is 2.81 bits per heavy atom. The molecule has 0 fully saturated rings. The van der Waals surface area contributed by atoms with Crippen molar-refractivity contribution in [2.24, 2.45) is 0 Å². The molecule has 112 valence electrons. The van der Waals surface area contributed by atoms with Crippen LogP contribution >= 0.6 is 0 Å². The zero-order chi connectivity index (χ0) is 14.7. The highest BCUT2D eigenvalue weighted by atomic mass is 32.2. The van der Waals surface area contributed by atoms with Crippen LogP contribution in [0, 0.1) is 0 Å². The summed E-state index contributed by atoms with van der Waals surface area (Å²) < 4.78 is 39.4. The highest BCUT2D eigenvalue weighted by molar-refractivity contribution is 7.89. The average Bonchev–Trinajstić information content (AvgIpc) is 3.00. The molecule has 0 amide bonds. The number of nitrogens with one attached hydrogen (secondary N) is 1. The van der Waals surface area contributed by atoms with Crippen LogP contribution in [0.25, 0.3) is 0 Å². The van der Waals surface area contributed by atoms with Gasteiger partial charge < -0.3 is 9.47 Å². The van der Waals surface area contributed by atoms with Gasteiger partial charge in [-0.05, 0) is 18.2 Å². The predicted octanol–water partition coefficient (Wildman–Crippen LogP) is 0.633. The molecule has 1 aromatic carbocycles. The standard InChI is InChI=1S/C13H15N3O4S/c17-21(18,15-5-7-16-6-1-4-14-16)11-2-3-12-13(10-11)20-9-8-19-12/h1-4,6,10,15H,5,7-9H2. The number of ether oxygens (including phenoxy) is 2. The van der Waals surface area contributed by atoms with E-state index in [0.29, 0.717) is 31.3 Å². The van der Waals surface area contributed by atoms with Crippen LogP contribution in [0.3, 0.4) is 0 Å². The molecule has 0 saturated heterocycles. The number of sulfonamides is 1. The van der Waals surface area contributed by atoms with Crippen LogP contribution in [0.1, 0.15) is 0 Å². The molecule has 21 heavy (non-hydrogen) atoms. The van der Waals surface area contributed by atoms with E-state index in [9.17, 15) is 8.42 Å². The molecule has 8 heteroatoms. The predicted molar refractivity (Wildman–Crippen MR) is 74.8 cm³/mol. The number of fused-ring (bicyclic) bond motifs is 1. The second kappa shape index (κ2) is 5.74. The van der Waals surface area contributed by atoms with Gasteiger partial charge in [0.15, 0.2) is 11.5 Å². The van der Waals surface area contributed by atoms with E-state index < -0.39 is 10.0 Å². The summed E-state index contributed by atoms with van der Waals surface area (Å²) in [5.41, 5.74) is 0. The van der Waals surface area contributed by atoms with Gasteiger partial charge >= 0.3 is 0 Å². The first kappa shape index (κ1) is 13.9. The molecule has 1 N–H and O–H groups in total. The van der Waals surface area contributed by atoms with Crippen molar-refractivity contribution in [3.63, 3.8) is 0 Å². The number of nitrogens with zero attached hydrogens (tertiary/aromatic N) is 2. The van der Waals surface area contributed by atoms with Crippen LogP contribution in [0.5, 0.6) is 11.5 Å². The third kappa shape index (κ3) is 3.17. The van der Waals surface area contributed by atoms with Crippen molar-refractivity contribution in [3.05, 3.63) is 36.7 Å². The summed E-state index contributed by atoms with van der Waals surface area (Å²) >= 11 is 0. The molecule has 7 nitrogen and oxygen atoms in total. The third-order valence-electron chi connectivity index (χ3n) is 3.02. The van der Waals surface area contributed by atoms with Crippen molar-refractivity contribution < 1.29 is 17.9 Å². The highest BCUT2D eigenvalue weighted by Crippen LogP contribution is 2.32. The molecule has 1 aliphatic heterocycles. The Morgan fingerprint density at radius 1 is 1.24 bits per heavy atom. The van der Waals surface area contributed by atoms with Gasteiger partial charge in [0.25, 0.3) is 0 Å². The minimum absolute atomic E-state index is 0.159. The molecule has 0 bridgehead atoms. The smallest absolute Gasteiger partial charge is 0.240 e. The van der Waals surface area contributed by atoms with Gasteiger partial charge in [0.05, 0.1) is 11.4 Å². The fraction of sp³-hybridized carbons (Fsp3) is 0.308. The lowest BCUT2D eigenvalue weighted by Crippen LogP contribution is -2.27. The quantitative estimate of drug-likeness (QED) is 0.876. The van der Waals surface area contributed by atoms with Gasteiger partial charge in [0, 0.05) is 25.0 Å². The lowest BCUT2D eigenvalue weighted by atomic mass is 10.3. The Hall–Kier alpha value is -2.06. The summed E-state index contributed by atoms with van der Waals surface area (Å²) in [6, 6.07) is 6.38. The Balaban J connectivity index is 1.69. The number of hydrogen-bond acceptors (Lipinski definition) is 5. The van der Waals surface area contributed by atoms with Gasteiger partial charge in [0.2, 0.25) is 10.0 Å². The maximum Gasteiger partial charge on any atom is 0.240 e. The molecular formula is C13H15N3O4S. The van der Waals surface area contributed by atoms with Crippen molar-refractivity contribution in [2.75, 3.05) is 19.8 Å².